The molecular formula is C12H10N4O2S. The molecular weight excluding hydrogens is 264 g/mol. The first kappa shape index (κ1) is 13.0. The molecule has 2 aromatic heterocycles. The maximum atomic E-state index is 11.3. The first-order chi connectivity index (χ1) is 9.24. The number of nitrogens with one attached hydrogen (secondary N) is 1. The molecule has 19 heavy (non-hydrogen) atoms. The lowest BCUT2D eigenvalue weighted by Crippen LogP contribution is -2.09. The number of carbonyl (C=O) groups excluding carboxylic acids is 1. The highest BCUT2D eigenvalue weighted by Crippen LogP contribution is 2.29. The van der Waals surface area contributed by atoms with Crippen molar-refractivity contribution in [2.24, 2.45) is 0 Å². The van der Waals surface area contributed by atoms with Gasteiger partial charge in [-0.1, -0.05) is 0 Å². The lowest BCUT2D eigenvalue weighted by atomic mass is 10.3. The molecule has 7 heteroatoms. The van der Waals surface area contributed by atoms with Crippen molar-refractivity contribution in [2.75, 3.05) is 12.4 Å². The standard InChI is InChI=1S/C12H10N4O2S/c1-18-9-3-2-6-14-11(9)8-7-19-12(15-8)16-10(17)4-5-13/h2-3,6-7H,4H2,1H3,(H,15,16,17). The Morgan fingerprint density at radius 3 is 3.21 bits per heavy atom. The van der Waals surface area contributed by atoms with E-state index in [1.165, 1.54) is 11.3 Å². The summed E-state index contributed by atoms with van der Waals surface area (Å²) >= 11 is 1.27. The molecule has 6 nitrogen and oxygen atoms in total. The molecule has 0 atom stereocenters. The van der Waals surface area contributed by atoms with Gasteiger partial charge in [-0.05, 0) is 12.1 Å². The number of hydrogen-bond acceptors (Lipinski definition) is 6. The molecule has 0 aromatic carbocycles. The Balaban J connectivity index is 2.21. The molecule has 0 aliphatic carbocycles. The van der Waals surface area contributed by atoms with Crippen LogP contribution in [0.1, 0.15) is 6.42 Å². The van der Waals surface area contributed by atoms with E-state index in [4.69, 9.17) is 10.00 Å². The molecule has 2 aromatic rings. The minimum atomic E-state index is -0.378. The molecule has 0 aliphatic rings. The average Bonchev–Trinajstić information content (AvgIpc) is 2.87. The van der Waals surface area contributed by atoms with Gasteiger partial charge in [-0.25, -0.2) is 4.98 Å². The van der Waals surface area contributed by atoms with Crippen molar-refractivity contribution in [3.8, 4) is 23.2 Å². The van der Waals surface area contributed by atoms with Gasteiger partial charge in [0.15, 0.2) is 5.13 Å². The van der Waals surface area contributed by atoms with Crippen molar-refractivity contribution >= 4 is 22.4 Å². The molecule has 0 aliphatic heterocycles. The zero-order valence-electron chi connectivity index (χ0n) is 10.1. The smallest absolute Gasteiger partial charge is 0.240 e. The minimum absolute atomic E-state index is 0.193. The maximum absolute atomic E-state index is 11.3. The fourth-order valence-electron chi connectivity index (χ4n) is 1.42. The second-order valence-corrected chi connectivity index (χ2v) is 4.33. The molecule has 96 valence electrons. The van der Waals surface area contributed by atoms with Crippen molar-refractivity contribution in [1.82, 2.24) is 9.97 Å². The Morgan fingerprint density at radius 1 is 1.63 bits per heavy atom. The van der Waals surface area contributed by atoms with E-state index in [0.717, 1.165) is 0 Å². The van der Waals surface area contributed by atoms with E-state index >= 15 is 0 Å². The SMILES string of the molecule is COc1cccnc1-c1csc(NC(=O)CC#N)n1. The summed E-state index contributed by atoms with van der Waals surface area (Å²) < 4.78 is 5.20. The summed E-state index contributed by atoms with van der Waals surface area (Å²) in [5.41, 5.74) is 1.23. The lowest BCUT2D eigenvalue weighted by molar-refractivity contribution is -0.115. The Kier molecular flexibility index (Phi) is 4.05. The second kappa shape index (κ2) is 5.93. The van der Waals surface area contributed by atoms with Crippen molar-refractivity contribution in [3.05, 3.63) is 23.7 Å². The summed E-state index contributed by atoms with van der Waals surface area (Å²) in [6, 6.07) is 5.33. The number of aromatic nitrogens is 2. The van der Waals surface area contributed by atoms with Crippen LogP contribution in [0.4, 0.5) is 5.13 Å². The Hall–Kier alpha value is -2.46. The summed E-state index contributed by atoms with van der Waals surface area (Å²) in [6.07, 6.45) is 1.45. The number of hydrogen-bond donors (Lipinski definition) is 1. The van der Waals surface area contributed by atoms with E-state index in [-0.39, 0.29) is 12.3 Å². The molecule has 0 spiro atoms. The number of nitrogens with zero attached hydrogens (tertiary/aromatic N) is 3. The average molecular weight is 274 g/mol. The molecule has 1 N–H and O–H groups in total. The molecule has 0 radical (unpaired) electrons. The van der Waals surface area contributed by atoms with Gasteiger partial charge in [0.05, 0.1) is 13.2 Å². The maximum Gasteiger partial charge on any atom is 0.240 e. The van der Waals surface area contributed by atoms with Gasteiger partial charge in [0.25, 0.3) is 0 Å². The molecule has 0 bridgehead atoms. The van der Waals surface area contributed by atoms with Crippen molar-refractivity contribution in [3.63, 3.8) is 0 Å². The molecule has 0 saturated carbocycles. The van der Waals surface area contributed by atoms with E-state index in [0.29, 0.717) is 22.3 Å². The zero-order valence-corrected chi connectivity index (χ0v) is 10.9. The predicted octanol–water partition coefficient (Wildman–Crippen LogP) is 2.07. The highest BCUT2D eigenvalue weighted by Gasteiger charge is 2.12. The molecule has 0 unspecified atom stereocenters. The van der Waals surface area contributed by atoms with E-state index in [9.17, 15) is 4.79 Å². The van der Waals surface area contributed by atoms with Gasteiger partial charge in [0.1, 0.15) is 23.6 Å². The zero-order chi connectivity index (χ0) is 13.7. The number of methoxy groups -OCH3 is 1. The largest absolute Gasteiger partial charge is 0.494 e. The summed E-state index contributed by atoms with van der Waals surface area (Å²) in [5, 5.41) is 13.2. The van der Waals surface area contributed by atoms with Gasteiger partial charge < -0.3 is 10.1 Å². The van der Waals surface area contributed by atoms with Crippen LogP contribution in [0.25, 0.3) is 11.4 Å². The number of anilines is 1. The minimum Gasteiger partial charge on any atom is -0.494 e. The van der Waals surface area contributed by atoms with E-state index < -0.39 is 0 Å². The number of rotatable bonds is 4. The van der Waals surface area contributed by atoms with Crippen LogP contribution in [-0.2, 0) is 4.79 Å². The van der Waals surface area contributed by atoms with Crippen molar-refractivity contribution < 1.29 is 9.53 Å². The summed E-state index contributed by atoms with van der Waals surface area (Å²) in [5.74, 6) is 0.235. The summed E-state index contributed by atoms with van der Waals surface area (Å²) in [7, 11) is 1.56. The lowest BCUT2D eigenvalue weighted by Gasteiger charge is -2.03. The predicted molar refractivity (Wildman–Crippen MR) is 70.8 cm³/mol. The van der Waals surface area contributed by atoms with Crippen LogP contribution in [0, 0.1) is 11.3 Å². The molecule has 1 amide bonds. The number of thiazole rings is 1. The first-order valence-electron chi connectivity index (χ1n) is 5.36. The number of nitriles is 1. The third-order valence-electron chi connectivity index (χ3n) is 2.22. The number of amides is 1. The fraction of sp³-hybridized carbons (Fsp3) is 0.167. The monoisotopic (exact) mass is 274 g/mol. The Morgan fingerprint density at radius 2 is 2.47 bits per heavy atom. The Bertz CT molecular complexity index is 633. The number of ether oxygens (including phenoxy) is 1. The van der Waals surface area contributed by atoms with E-state index in [1.807, 2.05) is 0 Å². The van der Waals surface area contributed by atoms with Crippen LogP contribution in [0.5, 0.6) is 5.75 Å². The topological polar surface area (TPSA) is 87.9 Å². The van der Waals surface area contributed by atoms with Crippen LogP contribution in [0.2, 0.25) is 0 Å². The molecule has 2 rings (SSSR count). The highest BCUT2D eigenvalue weighted by molar-refractivity contribution is 7.14. The van der Waals surface area contributed by atoms with Crippen LogP contribution in [0.3, 0.4) is 0 Å². The van der Waals surface area contributed by atoms with Crippen LogP contribution < -0.4 is 10.1 Å². The fourth-order valence-corrected chi connectivity index (χ4v) is 2.13. The van der Waals surface area contributed by atoms with Gasteiger partial charge in [-0.3, -0.25) is 9.78 Å². The third-order valence-corrected chi connectivity index (χ3v) is 2.98. The van der Waals surface area contributed by atoms with Crippen LogP contribution in [0.15, 0.2) is 23.7 Å². The van der Waals surface area contributed by atoms with E-state index in [2.05, 4.69) is 15.3 Å². The second-order valence-electron chi connectivity index (χ2n) is 3.48. The normalized spacial score (nSPS) is 9.68. The van der Waals surface area contributed by atoms with Gasteiger partial charge in [-0.2, -0.15) is 5.26 Å². The molecule has 0 fully saturated rings. The number of pyridine rings is 1. The molecule has 0 saturated heterocycles. The third kappa shape index (κ3) is 3.05. The van der Waals surface area contributed by atoms with Gasteiger partial charge in [0, 0.05) is 11.6 Å². The first-order valence-corrected chi connectivity index (χ1v) is 6.24. The summed E-state index contributed by atoms with van der Waals surface area (Å²) in [6.45, 7) is 0. The Labute approximate surface area is 113 Å². The van der Waals surface area contributed by atoms with Crippen molar-refractivity contribution in [2.45, 2.75) is 6.42 Å². The number of carbonyl (C=O) groups is 1. The molecule has 2 heterocycles. The van der Waals surface area contributed by atoms with Crippen molar-refractivity contribution in [1.29, 1.82) is 5.26 Å². The highest BCUT2D eigenvalue weighted by atomic mass is 32.1. The van der Waals surface area contributed by atoms with Crippen LogP contribution >= 0.6 is 11.3 Å². The quantitative estimate of drug-likeness (QED) is 0.922. The van der Waals surface area contributed by atoms with Gasteiger partial charge in [-0.15, -0.1) is 11.3 Å². The van der Waals surface area contributed by atoms with Gasteiger partial charge in [0.2, 0.25) is 5.91 Å². The summed E-state index contributed by atoms with van der Waals surface area (Å²) in [4.78, 5) is 19.7. The van der Waals surface area contributed by atoms with Gasteiger partial charge >= 0.3 is 0 Å². The van der Waals surface area contributed by atoms with Crippen LogP contribution in [-0.4, -0.2) is 23.0 Å². The van der Waals surface area contributed by atoms with E-state index in [1.54, 1.807) is 36.9 Å².